The van der Waals surface area contributed by atoms with Gasteiger partial charge in [0.25, 0.3) is 5.56 Å². The minimum Gasteiger partial charge on any atom is -0.383 e. The third kappa shape index (κ3) is 2.63. The second kappa shape index (κ2) is 4.40. The Kier molecular flexibility index (Phi) is 2.95. The Balaban J connectivity index is 2.07. The van der Waals surface area contributed by atoms with Crippen LogP contribution in [-0.2, 0) is 12.8 Å². The molecular weight excluding hydrogens is 226 g/mol. The molecule has 2 rings (SSSR count). The fraction of sp³-hybridized carbons (Fsp3) is 0.222. The van der Waals surface area contributed by atoms with Crippen LogP contribution in [0.25, 0.3) is 0 Å². The summed E-state index contributed by atoms with van der Waals surface area (Å²) >= 11 is 1.39. The smallest absolute Gasteiger partial charge is 0.253 e. The summed E-state index contributed by atoms with van der Waals surface area (Å²) in [4.78, 5) is 17.7. The largest absolute Gasteiger partial charge is 0.383 e. The van der Waals surface area contributed by atoms with Crippen molar-refractivity contribution in [1.29, 1.82) is 0 Å². The van der Waals surface area contributed by atoms with E-state index in [0.717, 1.165) is 5.69 Å². The summed E-state index contributed by atoms with van der Waals surface area (Å²) in [7, 11) is 1.86. The average Bonchev–Trinajstić information content (AvgIpc) is 2.60. The summed E-state index contributed by atoms with van der Waals surface area (Å²) in [6, 6.07) is 3.17. The molecule has 7 heteroatoms. The number of nitrogens with one attached hydrogen (secondary N) is 1. The second-order valence-corrected chi connectivity index (χ2v) is 4.21. The molecule has 0 saturated carbocycles. The van der Waals surface area contributed by atoms with Crippen molar-refractivity contribution < 1.29 is 0 Å². The van der Waals surface area contributed by atoms with Gasteiger partial charge in [-0.15, -0.1) is 0 Å². The summed E-state index contributed by atoms with van der Waals surface area (Å²) < 4.78 is 1.73. The molecule has 2 aromatic heterocycles. The second-order valence-electron chi connectivity index (χ2n) is 3.24. The van der Waals surface area contributed by atoms with E-state index in [1.807, 2.05) is 19.3 Å². The number of rotatable bonds is 3. The molecule has 16 heavy (non-hydrogen) atoms. The Bertz CT molecular complexity index is 547. The Morgan fingerprint density at radius 2 is 2.44 bits per heavy atom. The van der Waals surface area contributed by atoms with Gasteiger partial charge in [0.2, 0.25) is 0 Å². The van der Waals surface area contributed by atoms with E-state index in [0.29, 0.717) is 10.9 Å². The zero-order chi connectivity index (χ0) is 11.5. The molecule has 6 nitrogen and oxygen atoms in total. The van der Waals surface area contributed by atoms with Crippen LogP contribution in [0.5, 0.6) is 0 Å². The van der Waals surface area contributed by atoms with Gasteiger partial charge in [0.05, 0.1) is 5.69 Å². The van der Waals surface area contributed by atoms with Crippen LogP contribution >= 0.6 is 11.8 Å². The van der Waals surface area contributed by atoms with Crippen molar-refractivity contribution in [3.63, 3.8) is 0 Å². The number of thioether (sulfide) groups is 1. The van der Waals surface area contributed by atoms with Gasteiger partial charge in [0.15, 0.2) is 5.16 Å². The lowest BCUT2D eigenvalue weighted by atomic mass is 10.5. The summed E-state index contributed by atoms with van der Waals surface area (Å²) in [6.07, 6.45) is 1.87. The lowest BCUT2D eigenvalue weighted by molar-refractivity contribution is 0.754. The van der Waals surface area contributed by atoms with Gasteiger partial charge in [0.1, 0.15) is 5.82 Å². The topological polar surface area (TPSA) is 89.6 Å². The summed E-state index contributed by atoms with van der Waals surface area (Å²) in [6.45, 7) is 0. The minimum absolute atomic E-state index is 0.229. The highest BCUT2D eigenvalue weighted by Crippen LogP contribution is 2.17. The maximum atomic E-state index is 11.1. The number of nitrogens with two attached hydrogens (primary N) is 1. The molecule has 0 spiro atoms. The fourth-order valence-electron chi connectivity index (χ4n) is 1.20. The van der Waals surface area contributed by atoms with E-state index in [9.17, 15) is 4.79 Å². The molecule has 3 N–H and O–H groups in total. The van der Waals surface area contributed by atoms with Crippen LogP contribution in [0.15, 0.2) is 28.3 Å². The van der Waals surface area contributed by atoms with Crippen LogP contribution in [-0.4, -0.2) is 19.7 Å². The van der Waals surface area contributed by atoms with Crippen molar-refractivity contribution in [2.24, 2.45) is 7.05 Å². The number of nitrogen functional groups attached to an aromatic ring is 1. The molecule has 0 radical (unpaired) electrons. The first-order valence-corrected chi connectivity index (χ1v) is 5.60. The van der Waals surface area contributed by atoms with E-state index in [1.54, 1.807) is 4.68 Å². The van der Waals surface area contributed by atoms with Crippen molar-refractivity contribution in [2.75, 3.05) is 5.73 Å². The van der Waals surface area contributed by atoms with E-state index in [2.05, 4.69) is 15.1 Å². The molecule has 0 bridgehead atoms. The number of aryl methyl sites for hydroxylation is 1. The van der Waals surface area contributed by atoms with Gasteiger partial charge in [-0.1, -0.05) is 11.8 Å². The molecule has 0 amide bonds. The van der Waals surface area contributed by atoms with E-state index < -0.39 is 0 Å². The van der Waals surface area contributed by atoms with Gasteiger partial charge in [-0.2, -0.15) is 5.10 Å². The molecule has 2 heterocycles. The van der Waals surface area contributed by atoms with Crippen LogP contribution in [0.4, 0.5) is 5.82 Å². The van der Waals surface area contributed by atoms with E-state index in [4.69, 9.17) is 5.73 Å². The van der Waals surface area contributed by atoms with Crippen molar-refractivity contribution in [1.82, 2.24) is 19.7 Å². The SMILES string of the molecule is Cn1ccc(CSc2nc(N)cc(=O)[nH]2)n1. The first kappa shape index (κ1) is 10.7. The maximum absolute atomic E-state index is 11.1. The fourth-order valence-corrected chi connectivity index (χ4v) is 1.99. The lowest BCUT2D eigenvalue weighted by Gasteiger charge is -1.99. The molecule has 84 valence electrons. The zero-order valence-corrected chi connectivity index (χ0v) is 9.49. The predicted molar refractivity (Wildman–Crippen MR) is 62.0 cm³/mol. The zero-order valence-electron chi connectivity index (χ0n) is 8.67. The first-order chi connectivity index (χ1) is 7.63. The first-order valence-electron chi connectivity index (χ1n) is 4.61. The third-order valence-corrected chi connectivity index (χ3v) is 2.77. The Labute approximate surface area is 95.9 Å². The van der Waals surface area contributed by atoms with Crippen LogP contribution in [0.2, 0.25) is 0 Å². The van der Waals surface area contributed by atoms with Gasteiger partial charge in [-0.05, 0) is 6.07 Å². The van der Waals surface area contributed by atoms with Gasteiger partial charge in [0, 0.05) is 25.1 Å². The van der Waals surface area contributed by atoms with E-state index >= 15 is 0 Å². The normalized spacial score (nSPS) is 10.6. The Morgan fingerprint density at radius 3 is 3.06 bits per heavy atom. The molecular formula is C9H11N5OS. The molecule has 0 aliphatic rings. The van der Waals surface area contributed by atoms with Crippen LogP contribution in [0.3, 0.4) is 0 Å². The highest BCUT2D eigenvalue weighted by molar-refractivity contribution is 7.98. The summed E-state index contributed by atoms with van der Waals surface area (Å²) in [5.74, 6) is 0.875. The van der Waals surface area contributed by atoms with Crippen molar-refractivity contribution in [3.8, 4) is 0 Å². The quantitative estimate of drug-likeness (QED) is 0.595. The van der Waals surface area contributed by atoms with Gasteiger partial charge in [-0.25, -0.2) is 4.98 Å². The molecule has 0 atom stereocenters. The minimum atomic E-state index is -0.240. The van der Waals surface area contributed by atoms with E-state index in [-0.39, 0.29) is 11.4 Å². The number of nitrogens with zero attached hydrogens (tertiary/aromatic N) is 3. The standard InChI is InChI=1S/C9H11N5OS/c1-14-3-2-6(13-14)5-16-9-11-7(10)4-8(15)12-9/h2-4H,5H2,1H3,(H3,10,11,12,15). The number of anilines is 1. The highest BCUT2D eigenvalue weighted by Gasteiger charge is 2.02. The van der Waals surface area contributed by atoms with Crippen LogP contribution < -0.4 is 11.3 Å². The molecule has 2 aromatic rings. The number of hydrogen-bond acceptors (Lipinski definition) is 5. The number of aromatic nitrogens is 4. The molecule has 0 unspecified atom stereocenters. The summed E-state index contributed by atoms with van der Waals surface area (Å²) in [5, 5.41) is 4.73. The van der Waals surface area contributed by atoms with Crippen molar-refractivity contribution in [3.05, 3.63) is 34.4 Å². The molecule has 0 aliphatic carbocycles. The highest BCUT2D eigenvalue weighted by atomic mass is 32.2. The van der Waals surface area contributed by atoms with Gasteiger partial charge < -0.3 is 10.7 Å². The van der Waals surface area contributed by atoms with Crippen molar-refractivity contribution in [2.45, 2.75) is 10.9 Å². The molecule has 0 saturated heterocycles. The molecule has 0 aliphatic heterocycles. The Morgan fingerprint density at radius 1 is 1.62 bits per heavy atom. The third-order valence-electron chi connectivity index (χ3n) is 1.87. The maximum Gasteiger partial charge on any atom is 0.253 e. The Hall–Kier alpha value is -1.76. The van der Waals surface area contributed by atoms with Crippen LogP contribution in [0, 0.1) is 0 Å². The average molecular weight is 237 g/mol. The predicted octanol–water partition coefficient (Wildman–Crippen LogP) is 0.378. The van der Waals surface area contributed by atoms with E-state index in [1.165, 1.54) is 17.8 Å². The lowest BCUT2D eigenvalue weighted by Crippen LogP contribution is -2.09. The van der Waals surface area contributed by atoms with Crippen molar-refractivity contribution >= 4 is 17.6 Å². The molecule has 0 fully saturated rings. The van der Waals surface area contributed by atoms with Gasteiger partial charge >= 0.3 is 0 Å². The number of hydrogen-bond donors (Lipinski definition) is 2. The monoisotopic (exact) mass is 237 g/mol. The number of H-pyrrole nitrogens is 1. The van der Waals surface area contributed by atoms with Gasteiger partial charge in [-0.3, -0.25) is 9.48 Å². The van der Waals surface area contributed by atoms with Crippen LogP contribution in [0.1, 0.15) is 5.69 Å². The number of aromatic amines is 1. The molecule has 0 aromatic carbocycles. The summed E-state index contributed by atoms with van der Waals surface area (Å²) in [5.41, 5.74) is 6.16.